The SMILES string of the molecule is O=C(NCc1cccnc1-n1cncn1)c1ccc(COc2cccc(Br)c2)o1. The highest BCUT2D eigenvalue weighted by molar-refractivity contribution is 9.10. The summed E-state index contributed by atoms with van der Waals surface area (Å²) in [5.74, 6) is 1.75. The van der Waals surface area contributed by atoms with E-state index in [1.54, 1.807) is 35.4 Å². The smallest absolute Gasteiger partial charge is 0.287 e. The minimum absolute atomic E-state index is 0.212. The number of hydrogen-bond donors (Lipinski definition) is 1. The lowest BCUT2D eigenvalue weighted by molar-refractivity contribution is 0.0919. The van der Waals surface area contributed by atoms with Crippen molar-refractivity contribution in [1.82, 2.24) is 25.1 Å². The molecule has 0 saturated carbocycles. The number of nitrogens with one attached hydrogen (secondary N) is 1. The van der Waals surface area contributed by atoms with Crippen molar-refractivity contribution >= 4 is 21.8 Å². The molecule has 4 rings (SSSR count). The van der Waals surface area contributed by atoms with Crippen LogP contribution in [-0.4, -0.2) is 25.7 Å². The fourth-order valence-corrected chi connectivity index (χ4v) is 3.02. The number of pyridine rings is 1. The molecule has 0 bridgehead atoms. The van der Waals surface area contributed by atoms with Crippen LogP contribution < -0.4 is 10.1 Å². The Hall–Kier alpha value is -3.46. The molecule has 29 heavy (non-hydrogen) atoms. The molecule has 0 saturated heterocycles. The fraction of sp³-hybridized carbons (Fsp3) is 0.100. The molecule has 3 heterocycles. The van der Waals surface area contributed by atoms with Crippen LogP contribution in [0.1, 0.15) is 21.9 Å². The van der Waals surface area contributed by atoms with E-state index in [1.165, 1.54) is 6.33 Å². The molecule has 3 aromatic heterocycles. The Kier molecular flexibility index (Phi) is 5.66. The maximum Gasteiger partial charge on any atom is 0.287 e. The molecule has 0 atom stereocenters. The summed E-state index contributed by atoms with van der Waals surface area (Å²) in [6.07, 6.45) is 4.64. The van der Waals surface area contributed by atoms with E-state index in [9.17, 15) is 4.79 Å². The van der Waals surface area contributed by atoms with Gasteiger partial charge in [-0.3, -0.25) is 4.79 Å². The largest absolute Gasteiger partial charge is 0.486 e. The number of carbonyl (C=O) groups excluding carboxylic acids is 1. The second-order valence-corrected chi connectivity index (χ2v) is 6.94. The number of amides is 1. The Labute approximate surface area is 174 Å². The molecule has 0 spiro atoms. The van der Waals surface area contributed by atoms with Gasteiger partial charge in [0.25, 0.3) is 5.91 Å². The monoisotopic (exact) mass is 453 g/mol. The van der Waals surface area contributed by atoms with Crippen molar-refractivity contribution in [3.8, 4) is 11.6 Å². The van der Waals surface area contributed by atoms with Gasteiger partial charge in [0.05, 0.1) is 0 Å². The molecule has 9 heteroatoms. The first-order valence-electron chi connectivity index (χ1n) is 8.73. The molecule has 4 aromatic rings. The lowest BCUT2D eigenvalue weighted by Gasteiger charge is -2.08. The normalized spacial score (nSPS) is 10.7. The topological polar surface area (TPSA) is 95.1 Å². The molecule has 0 fully saturated rings. The van der Waals surface area contributed by atoms with Crippen LogP contribution in [0.25, 0.3) is 5.82 Å². The summed E-state index contributed by atoms with van der Waals surface area (Å²) in [5, 5.41) is 6.91. The van der Waals surface area contributed by atoms with Gasteiger partial charge in [-0.15, -0.1) is 0 Å². The summed E-state index contributed by atoms with van der Waals surface area (Å²) in [6, 6.07) is 14.5. The van der Waals surface area contributed by atoms with Crippen LogP contribution in [-0.2, 0) is 13.2 Å². The van der Waals surface area contributed by atoms with Crippen molar-refractivity contribution in [2.75, 3.05) is 0 Å². The van der Waals surface area contributed by atoms with Crippen molar-refractivity contribution in [1.29, 1.82) is 0 Å². The van der Waals surface area contributed by atoms with Gasteiger partial charge in [-0.05, 0) is 36.4 Å². The first-order chi connectivity index (χ1) is 14.2. The van der Waals surface area contributed by atoms with Gasteiger partial charge < -0.3 is 14.5 Å². The zero-order valence-corrected chi connectivity index (χ0v) is 16.7. The Bertz CT molecular complexity index is 1110. The predicted octanol–water partition coefficient (Wildman–Crippen LogP) is 3.53. The summed E-state index contributed by atoms with van der Waals surface area (Å²) in [6.45, 7) is 0.495. The molecule has 8 nitrogen and oxygen atoms in total. The van der Waals surface area contributed by atoms with Crippen LogP contribution >= 0.6 is 15.9 Å². The molecule has 0 aliphatic rings. The van der Waals surface area contributed by atoms with Gasteiger partial charge in [0, 0.05) is 22.8 Å². The quantitative estimate of drug-likeness (QED) is 0.459. The molecule has 146 valence electrons. The lowest BCUT2D eigenvalue weighted by Crippen LogP contribution is -2.23. The van der Waals surface area contributed by atoms with Gasteiger partial charge in [0.2, 0.25) is 0 Å². The molecule has 0 radical (unpaired) electrons. The van der Waals surface area contributed by atoms with E-state index in [0.29, 0.717) is 17.3 Å². The van der Waals surface area contributed by atoms with Crippen LogP contribution in [0.15, 0.2) is 76.3 Å². The van der Waals surface area contributed by atoms with Gasteiger partial charge in [0.15, 0.2) is 11.6 Å². The number of furan rings is 1. The molecule has 1 amide bonds. The zero-order chi connectivity index (χ0) is 20.1. The fourth-order valence-electron chi connectivity index (χ4n) is 2.64. The highest BCUT2D eigenvalue weighted by Gasteiger charge is 2.13. The number of aromatic nitrogens is 4. The Morgan fingerprint density at radius 1 is 1.21 bits per heavy atom. The first kappa shape index (κ1) is 18.9. The Balaban J connectivity index is 1.37. The van der Waals surface area contributed by atoms with Gasteiger partial charge in [-0.25, -0.2) is 14.6 Å². The van der Waals surface area contributed by atoms with E-state index in [4.69, 9.17) is 9.15 Å². The third-order valence-electron chi connectivity index (χ3n) is 4.01. The van der Waals surface area contributed by atoms with Gasteiger partial charge in [-0.1, -0.05) is 28.1 Å². The minimum atomic E-state index is -0.327. The summed E-state index contributed by atoms with van der Waals surface area (Å²) < 4.78 is 13.7. The van der Waals surface area contributed by atoms with E-state index in [2.05, 4.69) is 36.3 Å². The van der Waals surface area contributed by atoms with Gasteiger partial charge in [-0.2, -0.15) is 5.10 Å². The number of halogens is 1. The zero-order valence-electron chi connectivity index (χ0n) is 15.2. The summed E-state index contributed by atoms with van der Waals surface area (Å²) in [7, 11) is 0. The van der Waals surface area contributed by atoms with E-state index >= 15 is 0 Å². The maximum atomic E-state index is 12.4. The Morgan fingerprint density at radius 2 is 2.14 bits per heavy atom. The first-order valence-corrected chi connectivity index (χ1v) is 9.52. The number of ether oxygens (including phenoxy) is 1. The molecular formula is C20H16BrN5O3. The average molecular weight is 454 g/mol. The standard InChI is InChI=1S/C20H16BrN5O3/c21-15-4-1-5-16(9-15)28-11-17-6-7-18(29-17)20(27)24-10-14-3-2-8-23-19(14)26-13-22-12-25-26/h1-9,12-13H,10-11H2,(H,24,27). The minimum Gasteiger partial charge on any atom is -0.486 e. The van der Waals surface area contributed by atoms with Crippen molar-refractivity contribution in [3.63, 3.8) is 0 Å². The summed E-state index contributed by atoms with van der Waals surface area (Å²) in [5.41, 5.74) is 0.802. The summed E-state index contributed by atoms with van der Waals surface area (Å²) >= 11 is 3.40. The lowest BCUT2D eigenvalue weighted by atomic mass is 10.2. The van der Waals surface area contributed by atoms with Gasteiger partial charge >= 0.3 is 0 Å². The molecule has 0 aliphatic heterocycles. The molecule has 0 aliphatic carbocycles. The van der Waals surface area contributed by atoms with Crippen LogP contribution in [0.5, 0.6) is 5.75 Å². The molecule has 1 N–H and O–H groups in total. The average Bonchev–Trinajstić information content (AvgIpc) is 3.43. The van der Waals surface area contributed by atoms with Crippen molar-refractivity contribution in [2.24, 2.45) is 0 Å². The van der Waals surface area contributed by atoms with Crippen LogP contribution in [0.2, 0.25) is 0 Å². The number of benzene rings is 1. The number of hydrogen-bond acceptors (Lipinski definition) is 6. The highest BCUT2D eigenvalue weighted by atomic mass is 79.9. The number of carbonyl (C=O) groups is 1. The second-order valence-electron chi connectivity index (χ2n) is 6.02. The number of nitrogens with zero attached hydrogens (tertiary/aromatic N) is 4. The van der Waals surface area contributed by atoms with Crippen molar-refractivity contribution < 1.29 is 13.9 Å². The van der Waals surface area contributed by atoms with Crippen LogP contribution in [0, 0.1) is 0 Å². The van der Waals surface area contributed by atoms with E-state index in [-0.39, 0.29) is 24.8 Å². The van der Waals surface area contributed by atoms with Gasteiger partial charge in [0.1, 0.15) is 30.8 Å². The van der Waals surface area contributed by atoms with Crippen molar-refractivity contribution in [2.45, 2.75) is 13.2 Å². The molecule has 1 aromatic carbocycles. The number of rotatable bonds is 7. The van der Waals surface area contributed by atoms with E-state index in [1.807, 2.05) is 30.3 Å². The van der Waals surface area contributed by atoms with E-state index < -0.39 is 0 Å². The predicted molar refractivity (Wildman–Crippen MR) is 108 cm³/mol. The molecule has 0 unspecified atom stereocenters. The Morgan fingerprint density at radius 3 is 2.97 bits per heavy atom. The van der Waals surface area contributed by atoms with Crippen molar-refractivity contribution in [3.05, 3.63) is 88.9 Å². The third-order valence-corrected chi connectivity index (χ3v) is 4.50. The summed E-state index contributed by atoms with van der Waals surface area (Å²) in [4.78, 5) is 20.7. The highest BCUT2D eigenvalue weighted by Crippen LogP contribution is 2.19. The van der Waals surface area contributed by atoms with Crippen LogP contribution in [0.4, 0.5) is 0 Å². The third kappa shape index (κ3) is 4.69. The van der Waals surface area contributed by atoms with Crippen LogP contribution in [0.3, 0.4) is 0 Å². The second kappa shape index (κ2) is 8.70. The maximum absolute atomic E-state index is 12.4. The molecular weight excluding hydrogens is 438 g/mol. The van der Waals surface area contributed by atoms with E-state index in [0.717, 1.165) is 10.0 Å².